The largest absolute Gasteiger partial charge is 0.496 e. The van der Waals surface area contributed by atoms with Gasteiger partial charge >= 0.3 is 5.97 Å². The molecule has 37 heavy (non-hydrogen) atoms. The third-order valence-electron chi connectivity index (χ3n) is 7.11. The summed E-state index contributed by atoms with van der Waals surface area (Å²) < 4.78 is 5.83. The van der Waals surface area contributed by atoms with E-state index in [1.165, 1.54) is 16.7 Å². The molecule has 0 aliphatic rings. The molecule has 190 valence electrons. The summed E-state index contributed by atoms with van der Waals surface area (Å²) in [5.74, 6) is -0.151. The zero-order valence-electron chi connectivity index (χ0n) is 22.0. The molecule has 2 unspecified atom stereocenters. The molecule has 4 nitrogen and oxygen atoms in total. The second-order valence-corrected chi connectivity index (χ2v) is 9.58. The Kier molecular flexibility index (Phi) is 8.42. The van der Waals surface area contributed by atoms with Gasteiger partial charge in [0.05, 0.1) is 13.5 Å². The lowest BCUT2D eigenvalue weighted by Gasteiger charge is -2.37. The van der Waals surface area contributed by atoms with Gasteiger partial charge in [0.2, 0.25) is 0 Å². The quantitative estimate of drug-likeness (QED) is 0.245. The minimum atomic E-state index is -0.845. The number of carbonyl (C=O) groups is 1. The fourth-order valence-electron chi connectivity index (χ4n) is 5.23. The molecule has 0 amide bonds. The Morgan fingerprint density at radius 1 is 0.865 bits per heavy atom. The van der Waals surface area contributed by atoms with Gasteiger partial charge in [0.15, 0.2) is 0 Å². The molecule has 0 aromatic heterocycles. The number of aliphatic carboxylic acids is 1. The average Bonchev–Trinajstić information content (AvgIpc) is 2.91. The lowest BCUT2D eigenvalue weighted by Crippen LogP contribution is -2.33. The summed E-state index contributed by atoms with van der Waals surface area (Å²) in [4.78, 5) is 14.6. The second-order valence-electron chi connectivity index (χ2n) is 9.58. The van der Waals surface area contributed by atoms with Gasteiger partial charge in [-0.25, -0.2) is 0 Å². The number of rotatable bonds is 10. The van der Waals surface area contributed by atoms with Crippen LogP contribution in [0.25, 0.3) is 11.1 Å². The van der Waals surface area contributed by atoms with Crippen molar-refractivity contribution in [3.05, 3.63) is 125 Å². The molecule has 0 fully saturated rings. The van der Waals surface area contributed by atoms with Crippen LogP contribution in [-0.4, -0.2) is 23.1 Å². The topological polar surface area (TPSA) is 49.8 Å². The van der Waals surface area contributed by atoms with Gasteiger partial charge in [-0.2, -0.15) is 0 Å². The predicted octanol–water partition coefficient (Wildman–Crippen LogP) is 7.76. The second kappa shape index (κ2) is 11.9. The van der Waals surface area contributed by atoms with Gasteiger partial charge in [0, 0.05) is 24.2 Å². The number of hydrogen-bond donors (Lipinski definition) is 1. The van der Waals surface area contributed by atoms with E-state index in [0.29, 0.717) is 12.3 Å². The van der Waals surface area contributed by atoms with Gasteiger partial charge in [-0.3, -0.25) is 9.69 Å². The van der Waals surface area contributed by atoms with E-state index in [2.05, 4.69) is 80.3 Å². The molecule has 4 heteroatoms. The van der Waals surface area contributed by atoms with Crippen molar-refractivity contribution in [2.24, 2.45) is 0 Å². The van der Waals surface area contributed by atoms with Gasteiger partial charge in [-0.15, -0.1) is 0 Å². The molecule has 4 aromatic rings. The smallest absolute Gasteiger partial charge is 0.305 e. The maximum absolute atomic E-state index is 12.3. The Hall–Kier alpha value is -3.89. The highest BCUT2D eigenvalue weighted by atomic mass is 16.5. The molecule has 0 bridgehead atoms. The monoisotopic (exact) mass is 493 g/mol. The third-order valence-corrected chi connectivity index (χ3v) is 7.11. The van der Waals surface area contributed by atoms with Crippen LogP contribution in [0.3, 0.4) is 0 Å². The molecule has 4 rings (SSSR count). The molecule has 0 aliphatic carbocycles. The van der Waals surface area contributed by atoms with E-state index in [9.17, 15) is 9.90 Å². The van der Waals surface area contributed by atoms with E-state index in [-0.39, 0.29) is 12.5 Å². The highest BCUT2D eigenvalue weighted by Gasteiger charge is 2.31. The van der Waals surface area contributed by atoms with Crippen LogP contribution in [0.4, 0.5) is 0 Å². The molecule has 0 radical (unpaired) electrons. The van der Waals surface area contributed by atoms with E-state index in [4.69, 9.17) is 4.74 Å². The van der Waals surface area contributed by atoms with Gasteiger partial charge in [0.1, 0.15) is 5.75 Å². The maximum atomic E-state index is 12.3. The van der Waals surface area contributed by atoms with Gasteiger partial charge < -0.3 is 9.84 Å². The van der Waals surface area contributed by atoms with Crippen LogP contribution in [0, 0.1) is 13.8 Å². The van der Waals surface area contributed by atoms with Crippen LogP contribution >= 0.6 is 0 Å². The number of carboxylic acid groups (broad SMARTS) is 1. The zero-order chi connectivity index (χ0) is 26.4. The van der Waals surface area contributed by atoms with E-state index >= 15 is 0 Å². The van der Waals surface area contributed by atoms with Crippen LogP contribution in [-0.2, 0) is 11.3 Å². The fourth-order valence-corrected chi connectivity index (χ4v) is 5.23. The third kappa shape index (κ3) is 6.10. The predicted molar refractivity (Wildman–Crippen MR) is 150 cm³/mol. The highest BCUT2D eigenvalue weighted by molar-refractivity contribution is 5.73. The minimum Gasteiger partial charge on any atom is -0.496 e. The molecule has 0 saturated heterocycles. The first-order chi connectivity index (χ1) is 17.9. The zero-order valence-corrected chi connectivity index (χ0v) is 22.0. The summed E-state index contributed by atoms with van der Waals surface area (Å²) in [7, 11) is 1.65. The van der Waals surface area contributed by atoms with Gasteiger partial charge in [-0.05, 0) is 66.3 Å². The Morgan fingerprint density at radius 3 is 2.08 bits per heavy atom. The fraction of sp³-hybridized carbons (Fsp3) is 0.242. The van der Waals surface area contributed by atoms with Crippen molar-refractivity contribution in [1.82, 2.24) is 4.90 Å². The summed E-state index contributed by atoms with van der Waals surface area (Å²) in [5, 5.41) is 10.1. The number of carboxylic acids is 1. The van der Waals surface area contributed by atoms with Crippen molar-refractivity contribution in [3.8, 4) is 16.9 Å². The Balaban J connectivity index is 1.89. The first-order valence-electron chi connectivity index (χ1n) is 12.7. The first-order valence-corrected chi connectivity index (χ1v) is 12.7. The Labute approximate surface area is 220 Å². The van der Waals surface area contributed by atoms with Crippen LogP contribution in [0.5, 0.6) is 5.75 Å². The van der Waals surface area contributed by atoms with Crippen molar-refractivity contribution in [3.63, 3.8) is 0 Å². The minimum absolute atomic E-state index is 0.0284. The molecule has 1 N–H and O–H groups in total. The number of nitrogens with zero attached hydrogens (tertiary/aromatic N) is 1. The van der Waals surface area contributed by atoms with Crippen molar-refractivity contribution >= 4 is 5.97 Å². The molecule has 2 atom stereocenters. The van der Waals surface area contributed by atoms with Crippen LogP contribution in [0.15, 0.2) is 97.1 Å². The summed E-state index contributed by atoms with van der Waals surface area (Å²) >= 11 is 0. The van der Waals surface area contributed by atoms with Crippen molar-refractivity contribution in [1.29, 1.82) is 0 Å². The molecule has 0 heterocycles. The molecule has 0 spiro atoms. The summed E-state index contributed by atoms with van der Waals surface area (Å²) in [6.45, 7) is 6.97. The molecular weight excluding hydrogens is 458 g/mol. The van der Waals surface area contributed by atoms with E-state index in [1.807, 2.05) is 42.5 Å². The number of methoxy groups -OCH3 is 1. The van der Waals surface area contributed by atoms with Crippen molar-refractivity contribution in [2.75, 3.05) is 7.11 Å². The van der Waals surface area contributed by atoms with Gasteiger partial charge in [-0.1, -0.05) is 84.9 Å². The highest BCUT2D eigenvalue weighted by Crippen LogP contribution is 2.41. The standard InChI is InChI=1S/C33H35NO3/c1-23-12-11-13-24(2)33(23)28-18-19-31(37-4)29(20-28)30(21-32(35)36)34(22-26-14-7-5-8-15-26)25(3)27-16-9-6-10-17-27/h5-20,25,30H,21-22H2,1-4H3,(H,35,36). The van der Waals surface area contributed by atoms with E-state index in [1.54, 1.807) is 7.11 Å². The lowest BCUT2D eigenvalue weighted by atomic mass is 9.90. The Morgan fingerprint density at radius 2 is 1.49 bits per heavy atom. The Bertz CT molecular complexity index is 1310. The lowest BCUT2D eigenvalue weighted by molar-refractivity contribution is -0.138. The molecule has 4 aromatic carbocycles. The summed E-state index contributed by atoms with van der Waals surface area (Å²) in [5.41, 5.74) is 7.75. The molecule has 0 aliphatic heterocycles. The number of aryl methyl sites for hydroxylation is 2. The number of benzene rings is 4. The summed E-state index contributed by atoms with van der Waals surface area (Å²) in [6.07, 6.45) is -0.0451. The van der Waals surface area contributed by atoms with E-state index < -0.39 is 12.0 Å². The summed E-state index contributed by atoms with van der Waals surface area (Å²) in [6, 6.07) is 32.5. The van der Waals surface area contributed by atoms with Gasteiger partial charge in [0.25, 0.3) is 0 Å². The number of hydrogen-bond acceptors (Lipinski definition) is 3. The maximum Gasteiger partial charge on any atom is 0.305 e. The SMILES string of the molecule is COc1ccc(-c2c(C)cccc2C)cc1C(CC(=O)O)N(Cc1ccccc1)C(C)c1ccccc1. The molecule has 0 saturated carbocycles. The number of ether oxygens (including phenoxy) is 1. The van der Waals surface area contributed by atoms with Crippen LogP contribution < -0.4 is 4.74 Å². The molecular formula is C33H35NO3. The van der Waals surface area contributed by atoms with Crippen LogP contribution in [0.1, 0.15) is 53.2 Å². The van der Waals surface area contributed by atoms with Crippen molar-refractivity contribution in [2.45, 2.75) is 45.8 Å². The van der Waals surface area contributed by atoms with E-state index in [0.717, 1.165) is 22.3 Å². The first kappa shape index (κ1) is 26.2. The normalized spacial score (nSPS) is 12.8. The van der Waals surface area contributed by atoms with Crippen LogP contribution in [0.2, 0.25) is 0 Å². The average molecular weight is 494 g/mol. The van der Waals surface area contributed by atoms with Crippen molar-refractivity contribution < 1.29 is 14.6 Å².